The molecule has 0 aromatic rings. The smallest absolute Gasteiger partial charge is 0.309 e. The molecule has 4 heteroatoms. The van der Waals surface area contributed by atoms with Crippen LogP contribution in [-0.4, -0.2) is 37.0 Å². The number of hydrogen-bond acceptors (Lipinski definition) is 3. The van der Waals surface area contributed by atoms with Crippen molar-refractivity contribution in [3.63, 3.8) is 0 Å². The fraction of sp³-hybridized carbons (Fsp3) is 0.895. The SMILES string of the molecule is CN(CC12CC3CC(CC(C3)C1)C2)C(=O)CC[C@@H]1CCOC1=O. The molecule has 0 N–H and O–H groups in total. The molecule has 1 heterocycles. The molecule has 0 unspecified atom stereocenters. The summed E-state index contributed by atoms with van der Waals surface area (Å²) in [6.07, 6.45) is 10.3. The molecule has 0 spiro atoms. The Kier molecular flexibility index (Phi) is 3.89. The molecule has 1 aliphatic heterocycles. The van der Waals surface area contributed by atoms with Crippen molar-refractivity contribution < 1.29 is 14.3 Å². The van der Waals surface area contributed by atoms with Gasteiger partial charge in [0.05, 0.1) is 12.5 Å². The Balaban J connectivity index is 1.31. The van der Waals surface area contributed by atoms with Crippen LogP contribution in [-0.2, 0) is 14.3 Å². The van der Waals surface area contributed by atoms with E-state index in [4.69, 9.17) is 4.74 Å². The zero-order chi connectivity index (χ0) is 16.0. The predicted octanol–water partition coefficient (Wildman–Crippen LogP) is 3.00. The van der Waals surface area contributed by atoms with Crippen LogP contribution in [0.25, 0.3) is 0 Å². The second-order valence-corrected chi connectivity index (χ2v) is 8.86. The molecule has 0 aromatic heterocycles. The van der Waals surface area contributed by atoms with Crippen LogP contribution in [0.1, 0.15) is 57.8 Å². The van der Waals surface area contributed by atoms with Gasteiger partial charge in [0.2, 0.25) is 5.91 Å². The van der Waals surface area contributed by atoms with E-state index in [-0.39, 0.29) is 17.8 Å². The van der Waals surface area contributed by atoms with Gasteiger partial charge in [0.1, 0.15) is 0 Å². The predicted molar refractivity (Wildman–Crippen MR) is 86.5 cm³/mol. The summed E-state index contributed by atoms with van der Waals surface area (Å²) >= 11 is 0. The minimum Gasteiger partial charge on any atom is -0.465 e. The van der Waals surface area contributed by atoms with E-state index in [0.29, 0.717) is 24.9 Å². The number of ether oxygens (including phenoxy) is 1. The number of cyclic esters (lactones) is 1. The van der Waals surface area contributed by atoms with Crippen LogP contribution >= 0.6 is 0 Å². The lowest BCUT2D eigenvalue weighted by molar-refractivity contribution is -0.141. The summed E-state index contributed by atoms with van der Waals surface area (Å²) in [5.74, 6) is 2.84. The summed E-state index contributed by atoms with van der Waals surface area (Å²) in [7, 11) is 1.97. The molecule has 1 saturated heterocycles. The summed E-state index contributed by atoms with van der Waals surface area (Å²) < 4.78 is 4.99. The molecule has 1 amide bonds. The molecule has 0 radical (unpaired) electrons. The average molecular weight is 319 g/mol. The maximum absolute atomic E-state index is 12.5. The first-order valence-electron chi connectivity index (χ1n) is 9.44. The van der Waals surface area contributed by atoms with Gasteiger partial charge in [-0.3, -0.25) is 9.59 Å². The van der Waals surface area contributed by atoms with Crippen LogP contribution < -0.4 is 0 Å². The van der Waals surface area contributed by atoms with Gasteiger partial charge in [0, 0.05) is 20.0 Å². The summed E-state index contributed by atoms with van der Waals surface area (Å²) in [6, 6.07) is 0. The van der Waals surface area contributed by atoms with Crippen LogP contribution in [0.2, 0.25) is 0 Å². The number of nitrogens with zero attached hydrogens (tertiary/aromatic N) is 1. The zero-order valence-electron chi connectivity index (χ0n) is 14.3. The molecule has 23 heavy (non-hydrogen) atoms. The van der Waals surface area contributed by atoms with Crippen LogP contribution in [0.15, 0.2) is 0 Å². The fourth-order valence-corrected chi connectivity index (χ4v) is 6.36. The van der Waals surface area contributed by atoms with Gasteiger partial charge in [0.25, 0.3) is 0 Å². The number of carbonyl (C=O) groups excluding carboxylic acids is 2. The quantitative estimate of drug-likeness (QED) is 0.732. The Morgan fingerprint density at radius 2 is 1.78 bits per heavy atom. The average Bonchev–Trinajstić information content (AvgIpc) is 2.88. The van der Waals surface area contributed by atoms with E-state index >= 15 is 0 Å². The second kappa shape index (κ2) is 5.78. The minimum absolute atomic E-state index is 0.0492. The molecule has 4 bridgehead atoms. The van der Waals surface area contributed by atoms with Crippen molar-refractivity contribution in [3.05, 3.63) is 0 Å². The van der Waals surface area contributed by atoms with Crippen molar-refractivity contribution in [3.8, 4) is 0 Å². The van der Waals surface area contributed by atoms with Crippen molar-refractivity contribution in [1.29, 1.82) is 0 Å². The molecule has 4 nitrogen and oxygen atoms in total. The first-order chi connectivity index (χ1) is 11.0. The molecule has 5 fully saturated rings. The summed E-state index contributed by atoms with van der Waals surface area (Å²) in [5, 5.41) is 0. The lowest BCUT2D eigenvalue weighted by Crippen LogP contribution is -2.51. The number of amides is 1. The maximum atomic E-state index is 12.5. The Hall–Kier alpha value is -1.06. The van der Waals surface area contributed by atoms with Crippen molar-refractivity contribution in [1.82, 2.24) is 4.90 Å². The van der Waals surface area contributed by atoms with E-state index in [1.165, 1.54) is 38.5 Å². The molecule has 4 saturated carbocycles. The van der Waals surface area contributed by atoms with Gasteiger partial charge in [-0.05, 0) is 74.5 Å². The molecule has 5 aliphatic rings. The highest BCUT2D eigenvalue weighted by Crippen LogP contribution is 2.60. The van der Waals surface area contributed by atoms with Crippen LogP contribution in [0, 0.1) is 29.1 Å². The van der Waals surface area contributed by atoms with Crippen molar-refractivity contribution in [2.75, 3.05) is 20.2 Å². The van der Waals surface area contributed by atoms with Crippen molar-refractivity contribution in [2.45, 2.75) is 57.8 Å². The van der Waals surface area contributed by atoms with Gasteiger partial charge in [0.15, 0.2) is 0 Å². The molecular formula is C19H29NO3. The summed E-state index contributed by atoms with van der Waals surface area (Å²) in [5.41, 5.74) is 0.408. The first kappa shape index (κ1) is 15.5. The molecule has 0 aromatic carbocycles. The Labute approximate surface area is 138 Å². The van der Waals surface area contributed by atoms with Gasteiger partial charge in [-0.1, -0.05) is 0 Å². The normalized spacial score (nSPS) is 41.2. The van der Waals surface area contributed by atoms with E-state index in [1.54, 1.807) is 0 Å². The summed E-state index contributed by atoms with van der Waals surface area (Å²) in [6.45, 7) is 1.46. The third-order valence-electron chi connectivity index (χ3n) is 6.91. The zero-order valence-corrected chi connectivity index (χ0v) is 14.3. The molecular weight excluding hydrogens is 290 g/mol. The van der Waals surface area contributed by atoms with Gasteiger partial charge in [-0.2, -0.15) is 0 Å². The molecule has 128 valence electrons. The topological polar surface area (TPSA) is 46.6 Å². The highest BCUT2D eigenvalue weighted by Gasteiger charge is 2.51. The largest absolute Gasteiger partial charge is 0.465 e. The lowest BCUT2D eigenvalue weighted by Gasteiger charge is -2.57. The number of rotatable bonds is 5. The maximum Gasteiger partial charge on any atom is 0.309 e. The van der Waals surface area contributed by atoms with E-state index in [9.17, 15) is 9.59 Å². The number of esters is 1. The van der Waals surface area contributed by atoms with Gasteiger partial charge in [-0.25, -0.2) is 0 Å². The number of carbonyl (C=O) groups is 2. The Morgan fingerprint density at radius 1 is 1.17 bits per heavy atom. The highest BCUT2D eigenvalue weighted by molar-refractivity contribution is 5.78. The van der Waals surface area contributed by atoms with Crippen molar-refractivity contribution in [2.24, 2.45) is 29.1 Å². The molecule has 4 aliphatic carbocycles. The third-order valence-corrected chi connectivity index (χ3v) is 6.91. The highest BCUT2D eigenvalue weighted by atomic mass is 16.5. The van der Waals surface area contributed by atoms with Gasteiger partial charge in [-0.15, -0.1) is 0 Å². The van der Waals surface area contributed by atoms with Crippen molar-refractivity contribution >= 4 is 11.9 Å². The Morgan fingerprint density at radius 3 is 2.30 bits per heavy atom. The van der Waals surface area contributed by atoms with E-state index in [1.807, 2.05) is 11.9 Å². The molecule has 5 rings (SSSR count). The fourth-order valence-electron chi connectivity index (χ4n) is 6.36. The van der Waals surface area contributed by atoms with Crippen LogP contribution in [0.4, 0.5) is 0 Å². The minimum atomic E-state index is -0.110. The third kappa shape index (κ3) is 3.01. The lowest BCUT2D eigenvalue weighted by atomic mass is 9.49. The van der Waals surface area contributed by atoms with Crippen LogP contribution in [0.3, 0.4) is 0 Å². The van der Waals surface area contributed by atoms with E-state index in [2.05, 4.69) is 0 Å². The number of hydrogen-bond donors (Lipinski definition) is 0. The van der Waals surface area contributed by atoms with E-state index in [0.717, 1.165) is 30.7 Å². The molecule has 1 atom stereocenters. The van der Waals surface area contributed by atoms with Gasteiger partial charge < -0.3 is 9.64 Å². The first-order valence-corrected chi connectivity index (χ1v) is 9.44. The second-order valence-electron chi connectivity index (χ2n) is 8.86. The van der Waals surface area contributed by atoms with Gasteiger partial charge >= 0.3 is 5.97 Å². The Bertz CT molecular complexity index is 466. The summed E-state index contributed by atoms with van der Waals surface area (Å²) in [4.78, 5) is 26.0. The van der Waals surface area contributed by atoms with E-state index < -0.39 is 0 Å². The van der Waals surface area contributed by atoms with Crippen LogP contribution in [0.5, 0.6) is 0 Å². The monoisotopic (exact) mass is 319 g/mol. The standard InChI is InChI=1S/C19H29NO3/c1-20(17(21)3-2-16-4-5-23-18(16)22)12-19-9-13-6-14(10-19)8-15(7-13)11-19/h13-16H,2-12H2,1H3/t13?,14?,15?,16-,19?/m1/s1.